The Bertz CT molecular complexity index is 981. The Labute approximate surface area is 184 Å². The number of furan rings is 1. The van der Waals surface area contributed by atoms with E-state index in [9.17, 15) is 4.79 Å². The van der Waals surface area contributed by atoms with Crippen LogP contribution in [0.1, 0.15) is 16.9 Å². The molecule has 0 aliphatic carbocycles. The van der Waals surface area contributed by atoms with Crippen LogP contribution in [-0.2, 0) is 0 Å². The average molecular weight is 448 g/mol. The summed E-state index contributed by atoms with van der Waals surface area (Å²) in [4.78, 5) is 17.0. The number of carbonyl (C=O) groups excluding carboxylic acids is 1. The summed E-state index contributed by atoms with van der Waals surface area (Å²) in [6.45, 7) is 5.24. The van der Waals surface area contributed by atoms with Gasteiger partial charge in [0, 0.05) is 38.3 Å². The number of hydrogen-bond acceptors (Lipinski definition) is 5. The molecule has 158 valence electrons. The van der Waals surface area contributed by atoms with Crippen molar-refractivity contribution in [3.8, 4) is 11.3 Å². The van der Waals surface area contributed by atoms with E-state index in [0.717, 1.165) is 50.4 Å². The normalized spacial score (nSPS) is 14.8. The van der Waals surface area contributed by atoms with Crippen molar-refractivity contribution in [3.63, 3.8) is 0 Å². The first-order valence-electron chi connectivity index (χ1n) is 9.89. The van der Waals surface area contributed by atoms with Crippen LogP contribution in [0.15, 0.2) is 47.3 Å². The number of rotatable bonds is 7. The maximum absolute atomic E-state index is 12.3. The van der Waals surface area contributed by atoms with Gasteiger partial charge in [0.2, 0.25) is 0 Å². The molecule has 0 spiro atoms. The Morgan fingerprint density at radius 3 is 2.80 bits per heavy atom. The quantitative estimate of drug-likeness (QED) is 0.536. The SMILES string of the molecule is O=C(NCCCN1CCN(c2cccc(Cl)c2Cl)CC1)c1cc(-c2ccoc2)n[nH]1. The van der Waals surface area contributed by atoms with E-state index in [4.69, 9.17) is 27.6 Å². The molecule has 30 heavy (non-hydrogen) atoms. The zero-order valence-electron chi connectivity index (χ0n) is 16.4. The van der Waals surface area contributed by atoms with Crippen molar-refractivity contribution >= 4 is 34.8 Å². The second-order valence-electron chi connectivity index (χ2n) is 7.19. The monoisotopic (exact) mass is 447 g/mol. The van der Waals surface area contributed by atoms with E-state index in [1.165, 1.54) is 0 Å². The molecule has 7 nitrogen and oxygen atoms in total. The number of anilines is 1. The first-order valence-corrected chi connectivity index (χ1v) is 10.6. The van der Waals surface area contributed by atoms with Crippen molar-refractivity contribution in [2.45, 2.75) is 6.42 Å². The second kappa shape index (κ2) is 9.55. The summed E-state index contributed by atoms with van der Waals surface area (Å²) in [6, 6.07) is 9.26. The van der Waals surface area contributed by atoms with Crippen LogP contribution in [-0.4, -0.2) is 60.3 Å². The Balaban J connectivity index is 1.18. The van der Waals surface area contributed by atoms with Crippen LogP contribution in [0, 0.1) is 0 Å². The number of hydrogen-bond donors (Lipinski definition) is 2. The van der Waals surface area contributed by atoms with Gasteiger partial charge in [-0.05, 0) is 37.2 Å². The molecule has 3 aromatic rings. The molecule has 0 radical (unpaired) electrons. The van der Waals surface area contributed by atoms with Gasteiger partial charge < -0.3 is 14.6 Å². The largest absolute Gasteiger partial charge is 0.472 e. The third-order valence-electron chi connectivity index (χ3n) is 5.22. The lowest BCUT2D eigenvalue weighted by molar-refractivity contribution is 0.0946. The molecule has 0 saturated carbocycles. The second-order valence-corrected chi connectivity index (χ2v) is 7.98. The minimum atomic E-state index is -0.155. The highest BCUT2D eigenvalue weighted by atomic mass is 35.5. The van der Waals surface area contributed by atoms with E-state index < -0.39 is 0 Å². The van der Waals surface area contributed by atoms with Gasteiger partial charge in [0.05, 0.1) is 34.0 Å². The van der Waals surface area contributed by atoms with Crippen LogP contribution in [0.5, 0.6) is 0 Å². The maximum atomic E-state index is 12.3. The number of piperazine rings is 1. The van der Waals surface area contributed by atoms with Crippen molar-refractivity contribution in [1.29, 1.82) is 0 Å². The summed E-state index contributed by atoms with van der Waals surface area (Å²) in [5.41, 5.74) is 2.96. The fourth-order valence-corrected chi connectivity index (χ4v) is 3.96. The molecule has 1 amide bonds. The summed E-state index contributed by atoms with van der Waals surface area (Å²) in [7, 11) is 0. The molecule has 0 atom stereocenters. The van der Waals surface area contributed by atoms with Crippen molar-refractivity contribution < 1.29 is 9.21 Å². The molecule has 1 aliphatic rings. The summed E-state index contributed by atoms with van der Waals surface area (Å²) in [6.07, 6.45) is 4.05. The number of aromatic amines is 1. The predicted molar refractivity (Wildman–Crippen MR) is 118 cm³/mol. The molecule has 0 bridgehead atoms. The number of aromatic nitrogens is 2. The molecule has 1 fully saturated rings. The van der Waals surface area contributed by atoms with Crippen LogP contribution in [0.25, 0.3) is 11.3 Å². The van der Waals surface area contributed by atoms with E-state index in [1.807, 2.05) is 12.1 Å². The lowest BCUT2D eigenvalue weighted by atomic mass is 10.2. The van der Waals surface area contributed by atoms with E-state index in [2.05, 4.69) is 25.3 Å². The fraction of sp³-hybridized carbons (Fsp3) is 0.333. The summed E-state index contributed by atoms with van der Waals surface area (Å²) in [5, 5.41) is 11.1. The van der Waals surface area contributed by atoms with Crippen LogP contribution in [0.2, 0.25) is 10.0 Å². The lowest BCUT2D eigenvalue weighted by Gasteiger charge is -2.36. The van der Waals surface area contributed by atoms with Gasteiger partial charge in [0.15, 0.2) is 0 Å². The number of benzene rings is 1. The molecular weight excluding hydrogens is 425 g/mol. The summed E-state index contributed by atoms with van der Waals surface area (Å²) < 4.78 is 5.04. The van der Waals surface area contributed by atoms with Crippen LogP contribution in [0.4, 0.5) is 5.69 Å². The summed E-state index contributed by atoms with van der Waals surface area (Å²) in [5.74, 6) is -0.155. The molecule has 1 saturated heterocycles. The minimum absolute atomic E-state index is 0.155. The predicted octanol–water partition coefficient (Wildman–Crippen LogP) is 3.92. The number of nitrogens with zero attached hydrogens (tertiary/aromatic N) is 3. The van der Waals surface area contributed by atoms with E-state index >= 15 is 0 Å². The van der Waals surface area contributed by atoms with Gasteiger partial charge in [0.25, 0.3) is 5.91 Å². The van der Waals surface area contributed by atoms with E-state index in [1.54, 1.807) is 30.7 Å². The molecule has 2 aromatic heterocycles. The van der Waals surface area contributed by atoms with Crippen molar-refractivity contribution in [3.05, 3.63) is 58.6 Å². The zero-order valence-corrected chi connectivity index (χ0v) is 17.9. The highest BCUT2D eigenvalue weighted by Gasteiger charge is 2.19. The third-order valence-corrected chi connectivity index (χ3v) is 6.03. The Morgan fingerprint density at radius 1 is 1.20 bits per heavy atom. The molecule has 1 aliphatic heterocycles. The molecule has 3 heterocycles. The van der Waals surface area contributed by atoms with Gasteiger partial charge in [-0.1, -0.05) is 29.3 Å². The highest BCUT2D eigenvalue weighted by Crippen LogP contribution is 2.32. The van der Waals surface area contributed by atoms with Gasteiger partial charge in [-0.15, -0.1) is 0 Å². The van der Waals surface area contributed by atoms with Crippen molar-refractivity contribution in [1.82, 2.24) is 20.4 Å². The van der Waals surface area contributed by atoms with Gasteiger partial charge >= 0.3 is 0 Å². The van der Waals surface area contributed by atoms with Gasteiger partial charge in [-0.25, -0.2) is 0 Å². The molecule has 0 unspecified atom stereocenters. The zero-order chi connectivity index (χ0) is 20.9. The number of H-pyrrole nitrogens is 1. The van der Waals surface area contributed by atoms with Gasteiger partial charge in [0.1, 0.15) is 5.69 Å². The number of halogens is 2. The molecule has 4 rings (SSSR count). The van der Waals surface area contributed by atoms with Crippen LogP contribution in [0.3, 0.4) is 0 Å². The number of amides is 1. The van der Waals surface area contributed by atoms with Gasteiger partial charge in [-0.3, -0.25) is 14.8 Å². The molecule has 1 aromatic carbocycles. The van der Waals surface area contributed by atoms with Crippen LogP contribution >= 0.6 is 23.2 Å². The Hall–Kier alpha value is -2.48. The molecule has 9 heteroatoms. The fourth-order valence-electron chi connectivity index (χ4n) is 3.54. The van der Waals surface area contributed by atoms with E-state index in [0.29, 0.717) is 28.0 Å². The smallest absolute Gasteiger partial charge is 0.269 e. The number of nitrogens with one attached hydrogen (secondary N) is 2. The minimum Gasteiger partial charge on any atom is -0.472 e. The van der Waals surface area contributed by atoms with Gasteiger partial charge in [-0.2, -0.15) is 5.10 Å². The third kappa shape index (κ3) is 4.80. The number of carbonyl (C=O) groups is 1. The molecule has 2 N–H and O–H groups in total. The first kappa shape index (κ1) is 20.8. The molecular formula is C21H23Cl2N5O2. The van der Waals surface area contributed by atoms with Crippen LogP contribution < -0.4 is 10.2 Å². The Kier molecular flexibility index (Phi) is 6.62. The van der Waals surface area contributed by atoms with Crippen molar-refractivity contribution in [2.75, 3.05) is 44.2 Å². The first-order chi connectivity index (χ1) is 14.6. The summed E-state index contributed by atoms with van der Waals surface area (Å²) >= 11 is 12.5. The highest BCUT2D eigenvalue weighted by molar-refractivity contribution is 6.43. The standard InChI is InChI=1S/C21H23Cl2N5O2/c22-16-3-1-4-19(20(16)23)28-10-8-27(9-11-28)7-2-6-24-21(29)18-13-17(25-26-18)15-5-12-30-14-15/h1,3-5,12-14H,2,6-11H2,(H,24,29)(H,25,26). The average Bonchev–Trinajstić information content (AvgIpc) is 3.45. The van der Waals surface area contributed by atoms with E-state index in [-0.39, 0.29) is 5.91 Å². The maximum Gasteiger partial charge on any atom is 0.269 e. The lowest BCUT2D eigenvalue weighted by Crippen LogP contribution is -2.47. The topological polar surface area (TPSA) is 77.4 Å². The van der Waals surface area contributed by atoms with Crippen molar-refractivity contribution in [2.24, 2.45) is 0 Å². The Morgan fingerprint density at radius 2 is 2.03 bits per heavy atom.